The lowest BCUT2D eigenvalue weighted by atomic mass is 9.89. The average Bonchev–Trinajstić information content (AvgIpc) is 3.28. The number of ether oxygens (including phenoxy) is 5. The SMILES string of the molecule is CC(=O)OCC1OC(c2ccc(Cl)c(Cc3cc4ccccc4s3)c2)[C@H](OC(C)=O)C(OC(C)=O)C1OC(C)=O. The van der Waals surface area contributed by atoms with Gasteiger partial charge in [-0.1, -0.05) is 41.9 Å². The summed E-state index contributed by atoms with van der Waals surface area (Å²) in [6.45, 7) is 4.51. The molecule has 4 unspecified atom stereocenters. The van der Waals surface area contributed by atoms with E-state index in [1.54, 1.807) is 23.5 Å². The fraction of sp³-hybridized carbons (Fsp3) is 0.379. The molecule has 1 aromatic heterocycles. The lowest BCUT2D eigenvalue weighted by Crippen LogP contribution is -2.59. The van der Waals surface area contributed by atoms with E-state index in [2.05, 4.69) is 12.1 Å². The molecular weight excluding hydrogens is 560 g/mol. The van der Waals surface area contributed by atoms with Crippen LogP contribution in [0, 0.1) is 0 Å². The first-order valence-electron chi connectivity index (χ1n) is 12.6. The second kappa shape index (κ2) is 12.8. The molecule has 1 aliphatic rings. The van der Waals surface area contributed by atoms with Gasteiger partial charge in [0.05, 0.1) is 0 Å². The van der Waals surface area contributed by atoms with E-state index >= 15 is 0 Å². The number of thiophene rings is 1. The van der Waals surface area contributed by atoms with Gasteiger partial charge < -0.3 is 23.7 Å². The maximum absolute atomic E-state index is 12.2. The molecule has 2 heterocycles. The first kappa shape index (κ1) is 29.5. The number of benzene rings is 2. The molecule has 0 saturated carbocycles. The van der Waals surface area contributed by atoms with Gasteiger partial charge in [0, 0.05) is 48.7 Å². The minimum Gasteiger partial charge on any atom is -0.463 e. The Labute approximate surface area is 240 Å². The molecule has 0 N–H and O–H groups in total. The summed E-state index contributed by atoms with van der Waals surface area (Å²) < 4.78 is 29.2. The molecule has 0 spiro atoms. The number of carbonyl (C=O) groups excluding carboxylic acids is 4. The summed E-state index contributed by atoms with van der Waals surface area (Å²) in [5.41, 5.74) is 1.39. The van der Waals surface area contributed by atoms with Gasteiger partial charge >= 0.3 is 23.9 Å². The van der Waals surface area contributed by atoms with Crippen molar-refractivity contribution in [1.82, 2.24) is 0 Å². The molecule has 1 saturated heterocycles. The molecule has 0 amide bonds. The van der Waals surface area contributed by atoms with Crippen LogP contribution in [0.2, 0.25) is 5.02 Å². The molecule has 5 atom stereocenters. The largest absolute Gasteiger partial charge is 0.463 e. The molecule has 212 valence electrons. The number of fused-ring (bicyclic) bond motifs is 1. The van der Waals surface area contributed by atoms with Gasteiger partial charge in [0.15, 0.2) is 18.3 Å². The van der Waals surface area contributed by atoms with Crippen LogP contribution in [0.1, 0.15) is 49.8 Å². The standard InChI is InChI=1S/C29H29ClO9S/c1-15(31)35-14-24-27(36-16(2)32)29(38-18(4)34)28(37-17(3)33)26(39-24)20-9-10-23(30)21(11-20)13-22-12-19-7-5-6-8-25(19)40-22/h5-12,24,26-29H,13-14H2,1-4H3/t24?,26?,27?,28-,29?/m0/s1. The van der Waals surface area contributed by atoms with Crippen molar-refractivity contribution in [1.29, 1.82) is 0 Å². The number of hydrogen-bond acceptors (Lipinski definition) is 10. The third-order valence-electron chi connectivity index (χ3n) is 6.23. The first-order valence-corrected chi connectivity index (χ1v) is 13.8. The van der Waals surface area contributed by atoms with Crippen molar-refractivity contribution in [3.8, 4) is 0 Å². The lowest BCUT2D eigenvalue weighted by molar-refractivity contribution is -0.254. The third kappa shape index (κ3) is 7.18. The molecule has 2 aromatic carbocycles. The molecule has 0 radical (unpaired) electrons. The molecule has 0 aliphatic carbocycles. The molecule has 0 bridgehead atoms. The Balaban J connectivity index is 1.74. The summed E-state index contributed by atoms with van der Waals surface area (Å²) in [6.07, 6.45) is -5.11. The molecule has 9 nitrogen and oxygen atoms in total. The summed E-state index contributed by atoms with van der Waals surface area (Å²) >= 11 is 8.25. The molecule has 11 heteroatoms. The normalized spacial score (nSPS) is 22.4. The maximum atomic E-state index is 12.2. The fourth-order valence-corrected chi connectivity index (χ4v) is 5.99. The minimum absolute atomic E-state index is 0.295. The molecule has 3 aromatic rings. The highest BCUT2D eigenvalue weighted by molar-refractivity contribution is 7.19. The Kier molecular flexibility index (Phi) is 9.44. The highest BCUT2D eigenvalue weighted by atomic mass is 35.5. The van der Waals surface area contributed by atoms with Crippen LogP contribution in [-0.2, 0) is 49.3 Å². The minimum atomic E-state index is -1.24. The van der Waals surface area contributed by atoms with E-state index in [-0.39, 0.29) is 6.61 Å². The van der Waals surface area contributed by atoms with Gasteiger partial charge in [-0.15, -0.1) is 11.3 Å². The average molecular weight is 589 g/mol. The van der Waals surface area contributed by atoms with E-state index in [0.29, 0.717) is 17.0 Å². The van der Waals surface area contributed by atoms with Crippen LogP contribution >= 0.6 is 22.9 Å². The molecule has 40 heavy (non-hydrogen) atoms. The van der Waals surface area contributed by atoms with Gasteiger partial charge in [-0.2, -0.15) is 0 Å². The monoisotopic (exact) mass is 588 g/mol. The smallest absolute Gasteiger partial charge is 0.303 e. The van der Waals surface area contributed by atoms with Gasteiger partial charge in [0.2, 0.25) is 0 Å². The quantitative estimate of drug-likeness (QED) is 0.266. The summed E-state index contributed by atoms with van der Waals surface area (Å²) in [5, 5.41) is 1.67. The zero-order valence-corrected chi connectivity index (χ0v) is 24.0. The second-order valence-electron chi connectivity index (χ2n) is 9.40. The van der Waals surface area contributed by atoms with E-state index in [4.69, 9.17) is 35.3 Å². The maximum Gasteiger partial charge on any atom is 0.303 e. The van der Waals surface area contributed by atoms with Crippen LogP contribution in [0.25, 0.3) is 10.1 Å². The second-order valence-corrected chi connectivity index (χ2v) is 11.0. The summed E-state index contributed by atoms with van der Waals surface area (Å²) in [7, 11) is 0. The van der Waals surface area contributed by atoms with E-state index in [9.17, 15) is 19.2 Å². The van der Waals surface area contributed by atoms with Crippen molar-refractivity contribution in [2.24, 2.45) is 0 Å². The van der Waals surface area contributed by atoms with Gasteiger partial charge in [-0.05, 0) is 34.7 Å². The summed E-state index contributed by atoms with van der Waals surface area (Å²) in [4.78, 5) is 49.0. The number of hydrogen-bond donors (Lipinski definition) is 0. The first-order chi connectivity index (χ1) is 19.0. The lowest BCUT2D eigenvalue weighted by Gasteiger charge is -2.44. The summed E-state index contributed by atoms with van der Waals surface area (Å²) in [6, 6.07) is 15.5. The number of rotatable bonds is 8. The van der Waals surface area contributed by atoms with Crippen LogP contribution in [0.3, 0.4) is 0 Å². The van der Waals surface area contributed by atoms with Crippen molar-refractivity contribution >= 4 is 56.9 Å². The van der Waals surface area contributed by atoms with Crippen molar-refractivity contribution in [3.63, 3.8) is 0 Å². The Morgan fingerprint density at radius 2 is 1.48 bits per heavy atom. The Bertz CT molecular complexity index is 1380. The zero-order chi connectivity index (χ0) is 29.0. The van der Waals surface area contributed by atoms with Crippen molar-refractivity contribution < 1.29 is 42.9 Å². The number of esters is 4. The molecule has 1 fully saturated rings. The van der Waals surface area contributed by atoms with Crippen LogP contribution in [0.15, 0.2) is 48.5 Å². The molecule has 1 aliphatic heterocycles. The van der Waals surface area contributed by atoms with Gasteiger partial charge in [0.1, 0.15) is 18.8 Å². The van der Waals surface area contributed by atoms with Crippen LogP contribution in [-0.4, -0.2) is 54.9 Å². The van der Waals surface area contributed by atoms with Gasteiger partial charge in [-0.3, -0.25) is 19.2 Å². The van der Waals surface area contributed by atoms with Crippen molar-refractivity contribution in [2.45, 2.75) is 64.6 Å². The van der Waals surface area contributed by atoms with Gasteiger partial charge in [0.25, 0.3) is 0 Å². The van der Waals surface area contributed by atoms with Crippen LogP contribution in [0.4, 0.5) is 0 Å². The van der Waals surface area contributed by atoms with Crippen LogP contribution < -0.4 is 0 Å². The van der Waals surface area contributed by atoms with E-state index < -0.39 is 54.4 Å². The fourth-order valence-electron chi connectivity index (χ4n) is 4.72. The number of carbonyl (C=O) groups is 4. The Morgan fingerprint density at radius 3 is 2.12 bits per heavy atom. The molecular formula is C29H29ClO9S. The highest BCUT2D eigenvalue weighted by Crippen LogP contribution is 2.39. The predicted octanol–water partition coefficient (Wildman–Crippen LogP) is 4.94. The van der Waals surface area contributed by atoms with E-state index in [1.165, 1.54) is 27.7 Å². The van der Waals surface area contributed by atoms with Crippen molar-refractivity contribution in [2.75, 3.05) is 6.61 Å². The van der Waals surface area contributed by atoms with E-state index in [0.717, 1.165) is 20.5 Å². The summed E-state index contributed by atoms with van der Waals surface area (Å²) in [5.74, 6) is -2.61. The van der Waals surface area contributed by atoms with E-state index in [1.807, 2.05) is 24.3 Å². The number of halogens is 1. The third-order valence-corrected chi connectivity index (χ3v) is 7.72. The highest BCUT2D eigenvalue weighted by Gasteiger charge is 2.52. The predicted molar refractivity (Wildman–Crippen MR) is 147 cm³/mol. The van der Waals surface area contributed by atoms with Crippen LogP contribution in [0.5, 0.6) is 0 Å². The Morgan fingerprint density at radius 1 is 0.825 bits per heavy atom. The molecule has 4 rings (SSSR count). The van der Waals surface area contributed by atoms with Crippen molar-refractivity contribution in [3.05, 3.63) is 69.6 Å². The Hall–Kier alpha value is -3.47. The van der Waals surface area contributed by atoms with Gasteiger partial charge in [-0.25, -0.2) is 0 Å². The zero-order valence-electron chi connectivity index (χ0n) is 22.4. The topological polar surface area (TPSA) is 114 Å².